The summed E-state index contributed by atoms with van der Waals surface area (Å²) in [5.74, 6) is 1.91. The molecular weight excluding hydrogens is 365 g/mol. The van der Waals surface area contributed by atoms with Crippen molar-refractivity contribution in [2.75, 3.05) is 26.7 Å². The van der Waals surface area contributed by atoms with Crippen LogP contribution in [0.25, 0.3) is 0 Å². The molecule has 0 saturated carbocycles. The topological polar surface area (TPSA) is 40.8 Å². The first-order valence-corrected chi connectivity index (χ1v) is 6.90. The molecule has 0 aliphatic carbocycles. The lowest BCUT2D eigenvalue weighted by molar-refractivity contribution is 0.464. The summed E-state index contributed by atoms with van der Waals surface area (Å²) in [7, 11) is 2.07. The van der Waals surface area contributed by atoms with Crippen LogP contribution in [0.5, 0.6) is 0 Å². The minimum atomic E-state index is 0. The van der Waals surface area contributed by atoms with E-state index in [2.05, 4.69) is 35.8 Å². The van der Waals surface area contributed by atoms with E-state index in [1.54, 1.807) is 6.26 Å². The lowest BCUT2D eigenvalue weighted by atomic mass is 10.3. The van der Waals surface area contributed by atoms with Crippen molar-refractivity contribution in [1.29, 1.82) is 0 Å². The van der Waals surface area contributed by atoms with Crippen molar-refractivity contribution in [1.82, 2.24) is 10.2 Å². The van der Waals surface area contributed by atoms with E-state index in [1.165, 1.54) is 12.8 Å². The van der Waals surface area contributed by atoms with Gasteiger partial charge in [-0.05, 0) is 18.6 Å². The summed E-state index contributed by atoms with van der Waals surface area (Å²) in [4.78, 5) is 6.77. The Bertz CT molecular complexity index is 376. The molecule has 1 aromatic heterocycles. The van der Waals surface area contributed by atoms with E-state index in [0.29, 0.717) is 0 Å². The standard InChI is InChI=1S/C15H25N3O.HI/c1-4-6-12-18(3)15(16-10-5-2)17-11-9-14-8-7-13-19-14;/h5,7-8,13H,2,4,6,9-12H2,1,3H3,(H,16,17);1H. The minimum absolute atomic E-state index is 0. The smallest absolute Gasteiger partial charge is 0.193 e. The summed E-state index contributed by atoms with van der Waals surface area (Å²) < 4.78 is 5.30. The lowest BCUT2D eigenvalue weighted by Crippen LogP contribution is -2.39. The number of furan rings is 1. The quantitative estimate of drug-likeness (QED) is 0.320. The molecule has 1 heterocycles. The van der Waals surface area contributed by atoms with Gasteiger partial charge in [0.25, 0.3) is 0 Å². The van der Waals surface area contributed by atoms with Crippen LogP contribution in [0, 0.1) is 0 Å². The van der Waals surface area contributed by atoms with Crippen molar-refractivity contribution in [2.45, 2.75) is 26.2 Å². The Morgan fingerprint density at radius 2 is 2.35 bits per heavy atom. The first-order valence-electron chi connectivity index (χ1n) is 6.90. The predicted molar refractivity (Wildman–Crippen MR) is 95.9 cm³/mol. The summed E-state index contributed by atoms with van der Waals surface area (Å²) >= 11 is 0. The molecule has 0 fully saturated rings. The van der Waals surface area contributed by atoms with Crippen LogP contribution in [-0.4, -0.2) is 37.5 Å². The van der Waals surface area contributed by atoms with Crippen molar-refractivity contribution >= 4 is 29.9 Å². The molecule has 1 aromatic rings. The van der Waals surface area contributed by atoms with E-state index >= 15 is 0 Å². The van der Waals surface area contributed by atoms with Gasteiger partial charge < -0.3 is 14.6 Å². The normalized spacial score (nSPS) is 10.8. The number of guanidine groups is 1. The van der Waals surface area contributed by atoms with Gasteiger partial charge in [-0.2, -0.15) is 0 Å². The number of unbranched alkanes of at least 4 members (excludes halogenated alkanes) is 1. The Hall–Kier alpha value is -0.980. The van der Waals surface area contributed by atoms with Crippen molar-refractivity contribution < 1.29 is 4.42 Å². The van der Waals surface area contributed by atoms with Crippen LogP contribution in [0.1, 0.15) is 25.5 Å². The highest BCUT2D eigenvalue weighted by atomic mass is 127. The molecular formula is C15H26IN3O. The molecule has 0 atom stereocenters. The zero-order valence-electron chi connectivity index (χ0n) is 12.5. The summed E-state index contributed by atoms with van der Waals surface area (Å²) in [5.41, 5.74) is 0. The van der Waals surface area contributed by atoms with E-state index in [1.807, 2.05) is 18.2 Å². The number of hydrogen-bond donors (Lipinski definition) is 1. The van der Waals surface area contributed by atoms with Crippen molar-refractivity contribution in [2.24, 2.45) is 4.99 Å². The molecule has 0 aliphatic rings. The van der Waals surface area contributed by atoms with Gasteiger partial charge >= 0.3 is 0 Å². The van der Waals surface area contributed by atoms with Crippen molar-refractivity contribution in [3.05, 3.63) is 36.8 Å². The van der Waals surface area contributed by atoms with Crippen LogP contribution in [0.4, 0.5) is 0 Å². The minimum Gasteiger partial charge on any atom is -0.469 e. The third kappa shape index (κ3) is 7.57. The fraction of sp³-hybridized carbons (Fsp3) is 0.533. The second kappa shape index (κ2) is 11.8. The molecule has 4 nitrogen and oxygen atoms in total. The third-order valence-corrected chi connectivity index (χ3v) is 2.81. The molecule has 0 saturated heterocycles. The second-order valence-electron chi connectivity index (χ2n) is 4.48. The van der Waals surface area contributed by atoms with Crippen LogP contribution >= 0.6 is 24.0 Å². The zero-order valence-corrected chi connectivity index (χ0v) is 14.8. The van der Waals surface area contributed by atoms with Crippen LogP contribution in [-0.2, 0) is 6.42 Å². The molecule has 0 amide bonds. The molecule has 0 radical (unpaired) electrons. The van der Waals surface area contributed by atoms with Gasteiger partial charge in [-0.25, -0.2) is 0 Å². The van der Waals surface area contributed by atoms with E-state index in [9.17, 15) is 0 Å². The van der Waals surface area contributed by atoms with Crippen LogP contribution in [0.15, 0.2) is 40.5 Å². The molecule has 0 spiro atoms. The Morgan fingerprint density at radius 3 is 2.95 bits per heavy atom. The van der Waals surface area contributed by atoms with Gasteiger partial charge in [-0.15, -0.1) is 30.6 Å². The molecule has 5 heteroatoms. The number of hydrogen-bond acceptors (Lipinski definition) is 2. The molecule has 0 aromatic carbocycles. The predicted octanol–water partition coefficient (Wildman–Crippen LogP) is 3.30. The largest absolute Gasteiger partial charge is 0.469 e. The average Bonchev–Trinajstić information content (AvgIpc) is 2.93. The van der Waals surface area contributed by atoms with Crippen LogP contribution in [0.3, 0.4) is 0 Å². The van der Waals surface area contributed by atoms with Gasteiger partial charge in [0.1, 0.15) is 5.76 Å². The number of nitrogens with zero attached hydrogens (tertiary/aromatic N) is 2. The van der Waals surface area contributed by atoms with Gasteiger partial charge in [-0.1, -0.05) is 19.4 Å². The highest BCUT2D eigenvalue weighted by Gasteiger charge is 2.04. The molecule has 114 valence electrons. The highest BCUT2D eigenvalue weighted by Crippen LogP contribution is 2.01. The molecule has 20 heavy (non-hydrogen) atoms. The monoisotopic (exact) mass is 391 g/mol. The molecule has 0 bridgehead atoms. The number of nitrogens with one attached hydrogen (secondary N) is 1. The Balaban J connectivity index is 0.00000361. The van der Waals surface area contributed by atoms with Gasteiger partial charge in [0, 0.05) is 33.1 Å². The third-order valence-electron chi connectivity index (χ3n) is 2.81. The Labute approximate surface area is 139 Å². The molecule has 1 rings (SSSR count). The fourth-order valence-electron chi connectivity index (χ4n) is 1.70. The molecule has 1 N–H and O–H groups in total. The maximum Gasteiger partial charge on any atom is 0.193 e. The van der Waals surface area contributed by atoms with Crippen LogP contribution in [0.2, 0.25) is 0 Å². The van der Waals surface area contributed by atoms with Gasteiger partial charge in [0.05, 0.1) is 6.26 Å². The van der Waals surface area contributed by atoms with E-state index in [-0.39, 0.29) is 24.0 Å². The van der Waals surface area contributed by atoms with Crippen LogP contribution < -0.4 is 5.32 Å². The van der Waals surface area contributed by atoms with E-state index in [0.717, 1.165) is 37.8 Å². The fourth-order valence-corrected chi connectivity index (χ4v) is 1.70. The second-order valence-corrected chi connectivity index (χ2v) is 4.48. The highest BCUT2D eigenvalue weighted by molar-refractivity contribution is 14.0. The maximum atomic E-state index is 5.30. The lowest BCUT2D eigenvalue weighted by Gasteiger charge is -2.21. The van der Waals surface area contributed by atoms with Gasteiger partial charge in [0.2, 0.25) is 0 Å². The summed E-state index contributed by atoms with van der Waals surface area (Å²) in [6, 6.07) is 3.89. The summed E-state index contributed by atoms with van der Waals surface area (Å²) in [6.45, 7) is 8.39. The molecule has 0 aliphatic heterocycles. The van der Waals surface area contributed by atoms with Crippen molar-refractivity contribution in [3.63, 3.8) is 0 Å². The van der Waals surface area contributed by atoms with E-state index < -0.39 is 0 Å². The van der Waals surface area contributed by atoms with E-state index in [4.69, 9.17) is 4.42 Å². The Kier molecular flexibility index (Phi) is 11.2. The summed E-state index contributed by atoms with van der Waals surface area (Å²) in [5, 5.41) is 3.29. The first kappa shape index (κ1) is 19.0. The molecule has 0 unspecified atom stereocenters. The zero-order chi connectivity index (χ0) is 13.9. The SMILES string of the molecule is C=CCNC(=NCCc1ccco1)N(C)CCCC.I. The number of halogens is 1. The summed E-state index contributed by atoms with van der Waals surface area (Å²) in [6.07, 6.45) is 6.72. The maximum absolute atomic E-state index is 5.30. The Morgan fingerprint density at radius 1 is 1.55 bits per heavy atom. The van der Waals surface area contributed by atoms with Gasteiger partial charge in [-0.3, -0.25) is 4.99 Å². The average molecular weight is 391 g/mol. The number of aliphatic imine (C=N–C) groups is 1. The number of rotatable bonds is 8. The van der Waals surface area contributed by atoms with Gasteiger partial charge in [0.15, 0.2) is 5.96 Å². The first-order chi connectivity index (χ1) is 9.27. The van der Waals surface area contributed by atoms with Crippen molar-refractivity contribution in [3.8, 4) is 0 Å².